The maximum Gasteiger partial charge on any atom is 0.416 e. The molecular formula is C13H15BrF3NO2. The lowest BCUT2D eigenvalue weighted by molar-refractivity contribution is -0.161. The Morgan fingerprint density at radius 3 is 2.40 bits per heavy atom. The summed E-state index contributed by atoms with van der Waals surface area (Å²) in [6.07, 6.45) is -4.46. The van der Waals surface area contributed by atoms with Crippen molar-refractivity contribution in [3.8, 4) is 0 Å². The molecule has 0 fully saturated rings. The third-order valence-electron chi connectivity index (χ3n) is 2.42. The molecule has 0 unspecified atom stereocenters. The van der Waals surface area contributed by atoms with Crippen LogP contribution in [0.1, 0.15) is 31.9 Å². The molecule has 0 aliphatic rings. The molecule has 0 aliphatic carbocycles. The van der Waals surface area contributed by atoms with E-state index < -0.39 is 23.1 Å². The first-order chi connectivity index (χ1) is 9.01. The van der Waals surface area contributed by atoms with E-state index in [1.54, 1.807) is 20.8 Å². The Bertz CT molecular complexity index is 495. The second-order valence-electron chi connectivity index (χ2n) is 5.26. The summed E-state index contributed by atoms with van der Waals surface area (Å²) in [5, 5.41) is 0. The zero-order valence-electron chi connectivity index (χ0n) is 11.3. The number of alkyl halides is 3. The van der Waals surface area contributed by atoms with Crippen LogP contribution in [0, 0.1) is 5.41 Å². The van der Waals surface area contributed by atoms with Crippen molar-refractivity contribution in [2.45, 2.75) is 33.5 Å². The van der Waals surface area contributed by atoms with Gasteiger partial charge in [0.05, 0.1) is 17.5 Å². The Hall–Kier alpha value is -1.08. The van der Waals surface area contributed by atoms with E-state index in [9.17, 15) is 18.0 Å². The standard InChI is InChI=1S/C13H15BrF3NO2/c1-12(2,3)11(19)20-18-7-8-4-5-9(14)6-10(8)13(15,16)17/h4-6,18H,7H2,1-3H3. The molecule has 20 heavy (non-hydrogen) atoms. The lowest BCUT2D eigenvalue weighted by Crippen LogP contribution is -2.29. The van der Waals surface area contributed by atoms with Crippen LogP contribution in [-0.4, -0.2) is 5.97 Å². The second-order valence-corrected chi connectivity index (χ2v) is 6.18. The molecule has 0 spiro atoms. The maximum atomic E-state index is 12.8. The van der Waals surface area contributed by atoms with Gasteiger partial charge in [0.15, 0.2) is 0 Å². The van der Waals surface area contributed by atoms with Crippen molar-refractivity contribution in [3.63, 3.8) is 0 Å². The summed E-state index contributed by atoms with van der Waals surface area (Å²) >= 11 is 3.00. The zero-order valence-corrected chi connectivity index (χ0v) is 12.9. The average molecular weight is 354 g/mol. The highest BCUT2D eigenvalue weighted by molar-refractivity contribution is 9.10. The van der Waals surface area contributed by atoms with Gasteiger partial charge in [0.1, 0.15) is 0 Å². The third-order valence-corrected chi connectivity index (χ3v) is 2.91. The third kappa shape index (κ3) is 4.79. The molecule has 1 N–H and O–H groups in total. The number of hydrogen-bond donors (Lipinski definition) is 1. The molecule has 0 heterocycles. The number of benzene rings is 1. The molecule has 1 aromatic rings. The van der Waals surface area contributed by atoms with Crippen molar-refractivity contribution in [1.82, 2.24) is 5.48 Å². The van der Waals surface area contributed by atoms with Gasteiger partial charge in [0.25, 0.3) is 0 Å². The Labute approximate surface area is 123 Å². The van der Waals surface area contributed by atoms with Crippen LogP contribution in [0.3, 0.4) is 0 Å². The zero-order chi connectivity index (χ0) is 15.6. The number of carbonyl (C=O) groups excluding carboxylic acids is 1. The van der Waals surface area contributed by atoms with Gasteiger partial charge in [0, 0.05) is 4.47 Å². The highest BCUT2D eigenvalue weighted by Crippen LogP contribution is 2.33. The van der Waals surface area contributed by atoms with Crippen LogP contribution in [-0.2, 0) is 22.4 Å². The fourth-order valence-electron chi connectivity index (χ4n) is 1.30. The second kappa shape index (κ2) is 6.13. The number of hydrogen-bond acceptors (Lipinski definition) is 3. The van der Waals surface area contributed by atoms with Gasteiger partial charge in [-0.3, -0.25) is 0 Å². The lowest BCUT2D eigenvalue weighted by Gasteiger charge is -2.17. The van der Waals surface area contributed by atoms with Gasteiger partial charge >= 0.3 is 12.1 Å². The summed E-state index contributed by atoms with van der Waals surface area (Å²) in [7, 11) is 0. The normalized spacial score (nSPS) is 12.3. The lowest BCUT2D eigenvalue weighted by atomic mass is 9.98. The molecule has 0 saturated heterocycles. The molecule has 0 bridgehead atoms. The van der Waals surface area contributed by atoms with Gasteiger partial charge in [-0.1, -0.05) is 22.0 Å². The quantitative estimate of drug-likeness (QED) is 0.832. The van der Waals surface area contributed by atoms with Gasteiger partial charge in [-0.2, -0.15) is 13.2 Å². The Balaban J connectivity index is 2.77. The minimum Gasteiger partial charge on any atom is -0.370 e. The van der Waals surface area contributed by atoms with E-state index in [1.807, 2.05) is 0 Å². The van der Waals surface area contributed by atoms with Crippen LogP contribution >= 0.6 is 15.9 Å². The van der Waals surface area contributed by atoms with E-state index in [2.05, 4.69) is 21.4 Å². The molecule has 3 nitrogen and oxygen atoms in total. The summed E-state index contributed by atoms with van der Waals surface area (Å²) in [6.45, 7) is 4.73. The number of halogens is 4. The minimum atomic E-state index is -4.46. The van der Waals surface area contributed by atoms with E-state index in [1.165, 1.54) is 12.1 Å². The van der Waals surface area contributed by atoms with Gasteiger partial charge in [-0.15, -0.1) is 5.48 Å². The highest BCUT2D eigenvalue weighted by Gasteiger charge is 2.33. The topological polar surface area (TPSA) is 38.3 Å². The van der Waals surface area contributed by atoms with Crippen molar-refractivity contribution in [1.29, 1.82) is 0 Å². The van der Waals surface area contributed by atoms with E-state index in [-0.39, 0.29) is 12.1 Å². The summed E-state index contributed by atoms with van der Waals surface area (Å²) in [4.78, 5) is 16.2. The first-order valence-electron chi connectivity index (χ1n) is 5.81. The van der Waals surface area contributed by atoms with Crippen molar-refractivity contribution >= 4 is 21.9 Å². The molecular weight excluding hydrogens is 339 g/mol. The Morgan fingerprint density at radius 1 is 1.30 bits per heavy atom. The van der Waals surface area contributed by atoms with Crippen molar-refractivity contribution < 1.29 is 22.8 Å². The summed E-state index contributed by atoms with van der Waals surface area (Å²) in [5.74, 6) is -0.539. The molecule has 0 saturated carbocycles. The van der Waals surface area contributed by atoms with Crippen molar-refractivity contribution in [2.75, 3.05) is 0 Å². The summed E-state index contributed by atoms with van der Waals surface area (Å²) < 4.78 is 38.9. The maximum absolute atomic E-state index is 12.8. The van der Waals surface area contributed by atoms with Crippen LogP contribution in [0.15, 0.2) is 22.7 Å². The summed E-state index contributed by atoms with van der Waals surface area (Å²) in [6, 6.07) is 3.81. The predicted octanol–water partition coefficient (Wildman–Crippen LogP) is 4.06. The number of rotatable bonds is 3. The fraction of sp³-hybridized carbons (Fsp3) is 0.462. The molecule has 0 amide bonds. The first kappa shape index (κ1) is 17.0. The largest absolute Gasteiger partial charge is 0.416 e. The SMILES string of the molecule is CC(C)(C)C(=O)ONCc1ccc(Br)cc1C(F)(F)F. The molecule has 7 heteroatoms. The smallest absolute Gasteiger partial charge is 0.370 e. The van der Waals surface area contributed by atoms with Crippen LogP contribution in [0.5, 0.6) is 0 Å². The van der Waals surface area contributed by atoms with E-state index in [4.69, 9.17) is 4.84 Å². The van der Waals surface area contributed by atoms with Crippen LogP contribution in [0.2, 0.25) is 0 Å². The molecule has 0 atom stereocenters. The molecule has 1 aromatic carbocycles. The van der Waals surface area contributed by atoms with Crippen LogP contribution in [0.25, 0.3) is 0 Å². The first-order valence-corrected chi connectivity index (χ1v) is 6.61. The minimum absolute atomic E-state index is 0.00223. The fourth-order valence-corrected chi connectivity index (χ4v) is 1.66. The highest BCUT2D eigenvalue weighted by atomic mass is 79.9. The number of carbonyl (C=O) groups is 1. The Morgan fingerprint density at radius 2 is 1.90 bits per heavy atom. The number of nitrogens with one attached hydrogen (secondary N) is 1. The molecule has 1 rings (SSSR count). The van der Waals surface area contributed by atoms with Crippen molar-refractivity contribution in [2.24, 2.45) is 5.41 Å². The average Bonchev–Trinajstić information content (AvgIpc) is 2.28. The van der Waals surface area contributed by atoms with E-state index in [0.29, 0.717) is 4.47 Å². The van der Waals surface area contributed by atoms with E-state index in [0.717, 1.165) is 6.07 Å². The molecule has 0 aliphatic heterocycles. The predicted molar refractivity (Wildman–Crippen MR) is 71.5 cm³/mol. The monoisotopic (exact) mass is 353 g/mol. The Kier molecular flexibility index (Phi) is 5.21. The molecule has 0 radical (unpaired) electrons. The summed E-state index contributed by atoms with van der Waals surface area (Å²) in [5.41, 5.74) is 0.783. The van der Waals surface area contributed by atoms with Crippen molar-refractivity contribution in [3.05, 3.63) is 33.8 Å². The molecule has 0 aromatic heterocycles. The van der Waals surface area contributed by atoms with Gasteiger partial charge < -0.3 is 4.84 Å². The van der Waals surface area contributed by atoms with Crippen LogP contribution < -0.4 is 5.48 Å². The van der Waals surface area contributed by atoms with Gasteiger partial charge in [-0.25, -0.2) is 4.79 Å². The molecule has 112 valence electrons. The van der Waals surface area contributed by atoms with Crippen LogP contribution in [0.4, 0.5) is 13.2 Å². The van der Waals surface area contributed by atoms with E-state index >= 15 is 0 Å². The van der Waals surface area contributed by atoms with Gasteiger partial charge in [0.2, 0.25) is 0 Å². The number of hydroxylamine groups is 1. The van der Waals surface area contributed by atoms with Gasteiger partial charge in [-0.05, 0) is 38.5 Å².